The van der Waals surface area contributed by atoms with Crippen LogP contribution in [0, 0.1) is 5.92 Å². The molecule has 1 aromatic heterocycles. The Morgan fingerprint density at radius 3 is 2.54 bits per heavy atom. The lowest BCUT2D eigenvalue weighted by molar-refractivity contribution is -0.144. The second-order valence-electron chi connectivity index (χ2n) is 9.88. The van der Waals surface area contributed by atoms with E-state index in [1.54, 1.807) is 6.92 Å². The largest absolute Gasteiger partial charge is 0.551 e. The first kappa shape index (κ1) is 28.3. The highest BCUT2D eigenvalue weighted by molar-refractivity contribution is 6.49. The lowest BCUT2D eigenvalue weighted by Crippen LogP contribution is -2.59. The van der Waals surface area contributed by atoms with Gasteiger partial charge in [-0.05, 0) is 38.8 Å². The van der Waals surface area contributed by atoms with Crippen LogP contribution in [0.25, 0.3) is 0 Å². The first-order chi connectivity index (χ1) is 17.7. The molecule has 0 radical (unpaired) electrons. The smallest absolute Gasteiger partial charge is 0.507 e. The van der Waals surface area contributed by atoms with Gasteiger partial charge in [-0.3, -0.25) is 24.3 Å². The van der Waals surface area contributed by atoms with Gasteiger partial charge < -0.3 is 19.9 Å². The fourth-order valence-corrected chi connectivity index (χ4v) is 4.08. The summed E-state index contributed by atoms with van der Waals surface area (Å²) in [7, 11) is 0.896. The van der Waals surface area contributed by atoms with E-state index in [1.807, 2.05) is 63.1 Å². The van der Waals surface area contributed by atoms with E-state index >= 15 is 0 Å². The average molecular weight is 509 g/mol. The van der Waals surface area contributed by atoms with Crippen molar-refractivity contribution in [3.63, 3.8) is 0 Å². The molecule has 1 aliphatic heterocycles. The van der Waals surface area contributed by atoms with Crippen LogP contribution in [0.1, 0.15) is 50.2 Å². The van der Waals surface area contributed by atoms with E-state index in [4.69, 9.17) is 9.31 Å². The summed E-state index contributed by atoms with van der Waals surface area (Å²) in [4.78, 5) is 49.1. The van der Waals surface area contributed by atoms with E-state index in [2.05, 4.69) is 20.6 Å². The maximum Gasteiger partial charge on any atom is 0.551 e. The minimum atomic E-state index is -0.953. The number of rotatable bonds is 9. The Hall–Kier alpha value is -3.31. The average Bonchev–Trinajstić information content (AvgIpc) is 2.89. The van der Waals surface area contributed by atoms with Crippen molar-refractivity contribution >= 4 is 24.9 Å². The maximum absolute atomic E-state index is 13.6. The monoisotopic (exact) mass is 509 g/mol. The first-order valence-corrected chi connectivity index (χ1v) is 12.6. The molecule has 1 fully saturated rings. The van der Waals surface area contributed by atoms with Crippen LogP contribution in [0.2, 0.25) is 0 Å². The highest BCUT2D eigenvalue weighted by Gasteiger charge is 2.41. The zero-order valence-corrected chi connectivity index (χ0v) is 22.1. The van der Waals surface area contributed by atoms with Crippen molar-refractivity contribution in [1.82, 2.24) is 25.5 Å². The third-order valence-electron chi connectivity index (χ3n) is 6.46. The van der Waals surface area contributed by atoms with E-state index in [0.717, 1.165) is 5.56 Å². The summed E-state index contributed by atoms with van der Waals surface area (Å²) < 4.78 is 11.7. The third kappa shape index (κ3) is 8.09. The van der Waals surface area contributed by atoms with Gasteiger partial charge in [-0.15, -0.1) is 0 Å². The lowest BCUT2D eigenvalue weighted by atomic mass is 9.73. The summed E-state index contributed by atoms with van der Waals surface area (Å²) >= 11 is 0. The van der Waals surface area contributed by atoms with Crippen LogP contribution in [0.3, 0.4) is 0 Å². The molecule has 198 valence electrons. The molecule has 3 rings (SSSR count). The van der Waals surface area contributed by atoms with Crippen molar-refractivity contribution in [3.8, 4) is 0 Å². The molecular weight excluding hydrogens is 473 g/mol. The van der Waals surface area contributed by atoms with Gasteiger partial charge in [-0.2, -0.15) is 0 Å². The summed E-state index contributed by atoms with van der Waals surface area (Å²) in [6.45, 7) is 8.12. The molecule has 0 bridgehead atoms. The van der Waals surface area contributed by atoms with Gasteiger partial charge in [0.2, 0.25) is 5.91 Å². The van der Waals surface area contributed by atoms with Crippen molar-refractivity contribution in [2.24, 2.45) is 5.92 Å². The predicted molar refractivity (Wildman–Crippen MR) is 139 cm³/mol. The van der Waals surface area contributed by atoms with Crippen molar-refractivity contribution in [3.05, 3.63) is 60.2 Å². The van der Waals surface area contributed by atoms with Crippen LogP contribution in [0.5, 0.6) is 0 Å². The minimum Gasteiger partial charge on any atom is -0.507 e. The molecule has 2 heterocycles. The zero-order valence-electron chi connectivity index (χ0n) is 22.1. The normalized spacial score (nSPS) is 20.4. The molecule has 2 aromatic rings. The number of aromatic nitrogens is 2. The number of likely N-dealkylation sites (N-methyl/N-ethyl adjacent to an activating group) is 1. The van der Waals surface area contributed by atoms with Crippen LogP contribution < -0.4 is 10.6 Å². The zero-order chi connectivity index (χ0) is 26.9. The van der Waals surface area contributed by atoms with Gasteiger partial charge in [0.15, 0.2) is 0 Å². The summed E-state index contributed by atoms with van der Waals surface area (Å²) in [5.74, 6) is -1.77. The molecule has 1 aliphatic rings. The van der Waals surface area contributed by atoms with Crippen LogP contribution >= 0.6 is 0 Å². The van der Waals surface area contributed by atoms with E-state index in [9.17, 15) is 14.4 Å². The SMILES string of the molecule is CC(C)C[C@H](NC(=O)[C@H](Cc1ccccc1)NC(=O)c1cnccn1)B1OC[C@@H](C)N(C)[C@H](C)C(=O)O1. The van der Waals surface area contributed by atoms with Crippen LogP contribution in [-0.4, -0.2) is 77.5 Å². The Morgan fingerprint density at radius 2 is 1.89 bits per heavy atom. The van der Waals surface area contributed by atoms with Crippen LogP contribution in [-0.2, 0) is 25.3 Å². The van der Waals surface area contributed by atoms with Gasteiger partial charge in [0.1, 0.15) is 17.8 Å². The molecule has 0 aliphatic carbocycles. The topological polar surface area (TPSA) is 123 Å². The fourth-order valence-electron chi connectivity index (χ4n) is 4.08. The lowest BCUT2D eigenvalue weighted by Gasteiger charge is -2.36. The summed E-state index contributed by atoms with van der Waals surface area (Å²) in [5.41, 5.74) is 0.985. The summed E-state index contributed by atoms with van der Waals surface area (Å²) in [6.07, 6.45) is 5.00. The summed E-state index contributed by atoms with van der Waals surface area (Å²) in [6, 6.07) is 8.04. The molecule has 2 amide bonds. The molecule has 37 heavy (non-hydrogen) atoms. The highest BCUT2D eigenvalue weighted by Crippen LogP contribution is 2.17. The molecular formula is C26H36BN5O5. The van der Waals surface area contributed by atoms with Gasteiger partial charge in [0, 0.05) is 31.5 Å². The first-order valence-electron chi connectivity index (χ1n) is 12.6. The number of benzene rings is 1. The number of amides is 2. The number of hydrogen-bond acceptors (Lipinski definition) is 8. The predicted octanol–water partition coefficient (Wildman–Crippen LogP) is 1.66. The fraction of sp³-hybridized carbons (Fsp3) is 0.500. The highest BCUT2D eigenvalue weighted by atomic mass is 16.6. The standard InChI is InChI=1S/C26H36BN5O5/c1-17(2)13-23(27-36-16-18(3)32(5)19(4)26(35)37-27)31-24(33)21(14-20-9-7-6-8-10-20)30-25(34)22-15-28-11-12-29-22/h6-12,15,17-19,21,23H,13-14,16H2,1-5H3,(H,30,34)(H,31,33)/t18-,19-,21+,23+/m1/s1. The van der Waals surface area contributed by atoms with Crippen LogP contribution in [0.4, 0.5) is 0 Å². The molecule has 10 nitrogen and oxygen atoms in total. The number of nitrogens with zero attached hydrogens (tertiary/aromatic N) is 3. The number of nitrogens with one attached hydrogen (secondary N) is 2. The molecule has 0 spiro atoms. The Bertz CT molecular complexity index is 1040. The van der Waals surface area contributed by atoms with Crippen molar-refractivity contribution in [2.75, 3.05) is 13.7 Å². The Balaban J connectivity index is 1.82. The van der Waals surface area contributed by atoms with Gasteiger partial charge in [0.05, 0.1) is 12.1 Å². The maximum atomic E-state index is 13.6. The number of hydrogen-bond donors (Lipinski definition) is 2. The summed E-state index contributed by atoms with van der Waals surface area (Å²) in [5, 5.41) is 5.78. The van der Waals surface area contributed by atoms with E-state index in [0.29, 0.717) is 13.0 Å². The van der Waals surface area contributed by atoms with Crippen LogP contribution in [0.15, 0.2) is 48.9 Å². The molecule has 11 heteroatoms. The van der Waals surface area contributed by atoms with Gasteiger partial charge >= 0.3 is 13.1 Å². The quantitative estimate of drug-likeness (QED) is 0.490. The molecule has 2 N–H and O–H groups in total. The molecule has 1 aromatic carbocycles. The Kier molecular flexibility index (Phi) is 10.2. The van der Waals surface area contributed by atoms with Gasteiger partial charge in [0.25, 0.3) is 5.91 Å². The molecule has 0 saturated carbocycles. The van der Waals surface area contributed by atoms with Crippen molar-refractivity contribution in [2.45, 2.75) is 64.6 Å². The molecule has 0 unspecified atom stereocenters. The van der Waals surface area contributed by atoms with Crippen molar-refractivity contribution in [1.29, 1.82) is 0 Å². The molecule has 4 atom stereocenters. The third-order valence-corrected chi connectivity index (χ3v) is 6.46. The Labute approximate surface area is 218 Å². The number of carbonyl (C=O) groups excluding carboxylic acids is 3. The van der Waals surface area contributed by atoms with E-state index < -0.39 is 42.9 Å². The van der Waals surface area contributed by atoms with Gasteiger partial charge in [-0.25, -0.2) is 4.98 Å². The van der Waals surface area contributed by atoms with Gasteiger partial charge in [-0.1, -0.05) is 44.2 Å². The van der Waals surface area contributed by atoms with E-state index in [-0.39, 0.29) is 24.1 Å². The van der Waals surface area contributed by atoms with Crippen molar-refractivity contribution < 1.29 is 23.7 Å². The Morgan fingerprint density at radius 1 is 1.16 bits per heavy atom. The second kappa shape index (κ2) is 13.3. The second-order valence-corrected chi connectivity index (χ2v) is 9.88. The minimum absolute atomic E-state index is 0.0159. The molecule has 1 saturated heterocycles. The number of carbonyl (C=O) groups is 3. The van der Waals surface area contributed by atoms with E-state index in [1.165, 1.54) is 18.6 Å².